The van der Waals surface area contributed by atoms with Crippen molar-refractivity contribution in [3.8, 4) is 0 Å². The Kier molecular flexibility index (Phi) is 4.75. The Morgan fingerprint density at radius 3 is 2.56 bits per heavy atom. The SMILES string of the molecule is CCC(C)(CCl)NS(=O)(=O)c1cc(F)ccc1C. The van der Waals surface area contributed by atoms with E-state index in [0.29, 0.717) is 12.0 Å². The Balaban J connectivity index is 3.18. The third-order valence-corrected chi connectivity index (χ3v) is 5.27. The highest BCUT2D eigenvalue weighted by atomic mass is 35.5. The van der Waals surface area contributed by atoms with Gasteiger partial charge in [0.1, 0.15) is 5.82 Å². The zero-order valence-corrected chi connectivity index (χ0v) is 12.2. The van der Waals surface area contributed by atoms with Crippen LogP contribution in [-0.4, -0.2) is 19.8 Å². The van der Waals surface area contributed by atoms with E-state index < -0.39 is 21.4 Å². The van der Waals surface area contributed by atoms with Crippen molar-refractivity contribution in [2.75, 3.05) is 5.88 Å². The lowest BCUT2D eigenvalue weighted by Gasteiger charge is -2.27. The van der Waals surface area contributed by atoms with Crippen LogP contribution in [0.2, 0.25) is 0 Å². The minimum Gasteiger partial charge on any atom is -0.207 e. The average molecular weight is 294 g/mol. The topological polar surface area (TPSA) is 46.2 Å². The molecule has 0 aliphatic rings. The van der Waals surface area contributed by atoms with Gasteiger partial charge in [-0.05, 0) is 38.0 Å². The summed E-state index contributed by atoms with van der Waals surface area (Å²) in [5.41, 5.74) is -0.240. The van der Waals surface area contributed by atoms with Gasteiger partial charge in [-0.2, -0.15) is 0 Å². The van der Waals surface area contributed by atoms with Crippen LogP contribution in [0.25, 0.3) is 0 Å². The third kappa shape index (κ3) is 3.43. The molecule has 1 atom stereocenters. The normalized spacial score (nSPS) is 15.4. The monoisotopic (exact) mass is 293 g/mol. The maximum atomic E-state index is 13.2. The minimum atomic E-state index is -3.77. The molecule has 1 unspecified atom stereocenters. The maximum absolute atomic E-state index is 13.2. The van der Waals surface area contributed by atoms with Gasteiger partial charge in [-0.25, -0.2) is 17.5 Å². The van der Waals surface area contributed by atoms with Gasteiger partial charge in [0.25, 0.3) is 0 Å². The zero-order chi connectivity index (χ0) is 14.0. The van der Waals surface area contributed by atoms with Gasteiger partial charge in [-0.15, -0.1) is 11.6 Å². The highest BCUT2D eigenvalue weighted by molar-refractivity contribution is 7.89. The molecule has 1 N–H and O–H groups in total. The fraction of sp³-hybridized carbons (Fsp3) is 0.500. The van der Waals surface area contributed by atoms with Gasteiger partial charge >= 0.3 is 0 Å². The van der Waals surface area contributed by atoms with E-state index in [-0.39, 0.29) is 10.8 Å². The van der Waals surface area contributed by atoms with E-state index in [1.807, 2.05) is 6.92 Å². The first kappa shape index (κ1) is 15.4. The number of halogens is 2. The Morgan fingerprint density at radius 2 is 2.06 bits per heavy atom. The summed E-state index contributed by atoms with van der Waals surface area (Å²) in [6.07, 6.45) is 0.546. The van der Waals surface area contributed by atoms with Crippen molar-refractivity contribution in [3.05, 3.63) is 29.6 Å². The van der Waals surface area contributed by atoms with Crippen LogP contribution in [0.15, 0.2) is 23.1 Å². The molecule has 3 nitrogen and oxygen atoms in total. The summed E-state index contributed by atoms with van der Waals surface area (Å²) in [6.45, 7) is 5.17. The van der Waals surface area contributed by atoms with Gasteiger partial charge < -0.3 is 0 Å². The summed E-state index contributed by atoms with van der Waals surface area (Å²) in [5.74, 6) is -0.429. The molecule has 0 saturated carbocycles. The second-order valence-electron chi connectivity index (χ2n) is 4.56. The third-order valence-electron chi connectivity index (χ3n) is 2.90. The molecule has 0 amide bonds. The van der Waals surface area contributed by atoms with Crippen molar-refractivity contribution in [2.24, 2.45) is 0 Å². The number of aryl methyl sites for hydroxylation is 1. The Bertz CT molecular complexity index is 527. The highest BCUT2D eigenvalue weighted by Gasteiger charge is 2.29. The first-order valence-corrected chi connectivity index (χ1v) is 7.62. The highest BCUT2D eigenvalue weighted by Crippen LogP contribution is 2.20. The fourth-order valence-corrected chi connectivity index (χ4v) is 3.51. The predicted octanol–water partition coefficient (Wildman–Crippen LogP) is 2.82. The van der Waals surface area contributed by atoms with Gasteiger partial charge in [0.15, 0.2) is 0 Å². The Hall–Kier alpha value is -0.650. The van der Waals surface area contributed by atoms with Crippen LogP contribution >= 0.6 is 11.6 Å². The minimum absolute atomic E-state index is 0.0488. The standard InChI is InChI=1S/C12H17ClFNO2S/c1-4-12(3,8-13)15-18(16,17)11-7-10(14)6-5-9(11)2/h5-7,15H,4,8H2,1-3H3. The van der Waals surface area contributed by atoms with E-state index in [1.54, 1.807) is 13.8 Å². The lowest BCUT2D eigenvalue weighted by atomic mass is 10.0. The molecule has 0 radical (unpaired) electrons. The molecule has 0 aliphatic heterocycles. The molecule has 1 rings (SSSR count). The van der Waals surface area contributed by atoms with Crippen molar-refractivity contribution in [1.82, 2.24) is 4.72 Å². The van der Waals surface area contributed by atoms with Gasteiger partial charge in [-0.3, -0.25) is 0 Å². The van der Waals surface area contributed by atoms with Crippen LogP contribution in [0.3, 0.4) is 0 Å². The lowest BCUT2D eigenvalue weighted by molar-refractivity contribution is 0.444. The molecule has 0 saturated heterocycles. The molecule has 0 spiro atoms. The number of alkyl halides is 1. The largest absolute Gasteiger partial charge is 0.241 e. The molecule has 1 aromatic rings. The smallest absolute Gasteiger partial charge is 0.207 e. The molecular formula is C12H17ClFNO2S. The van der Waals surface area contributed by atoms with Crippen LogP contribution in [0, 0.1) is 12.7 Å². The molecular weight excluding hydrogens is 277 g/mol. The quantitative estimate of drug-likeness (QED) is 0.849. The van der Waals surface area contributed by atoms with Gasteiger partial charge in [0, 0.05) is 11.4 Å². The van der Waals surface area contributed by atoms with Gasteiger partial charge in [0.2, 0.25) is 10.0 Å². The van der Waals surface area contributed by atoms with Gasteiger partial charge in [0.05, 0.1) is 4.90 Å². The predicted molar refractivity (Wildman–Crippen MR) is 70.9 cm³/mol. The Morgan fingerprint density at radius 1 is 1.44 bits per heavy atom. The molecule has 0 heterocycles. The van der Waals surface area contributed by atoms with E-state index in [4.69, 9.17) is 11.6 Å². The van der Waals surface area contributed by atoms with Crippen molar-refractivity contribution in [1.29, 1.82) is 0 Å². The van der Waals surface area contributed by atoms with Crippen LogP contribution < -0.4 is 4.72 Å². The van der Waals surface area contributed by atoms with E-state index in [2.05, 4.69) is 4.72 Å². The molecule has 102 valence electrons. The summed E-state index contributed by atoms with van der Waals surface area (Å²) in [5, 5.41) is 0. The molecule has 0 fully saturated rings. The van der Waals surface area contributed by atoms with E-state index in [0.717, 1.165) is 6.07 Å². The number of rotatable bonds is 5. The van der Waals surface area contributed by atoms with Crippen LogP contribution in [0.1, 0.15) is 25.8 Å². The zero-order valence-electron chi connectivity index (χ0n) is 10.6. The molecule has 0 aliphatic carbocycles. The van der Waals surface area contributed by atoms with Crippen molar-refractivity contribution >= 4 is 21.6 Å². The summed E-state index contributed by atoms with van der Waals surface area (Å²) < 4.78 is 40.1. The van der Waals surface area contributed by atoms with E-state index in [9.17, 15) is 12.8 Å². The maximum Gasteiger partial charge on any atom is 0.241 e. The second kappa shape index (κ2) is 5.55. The molecule has 6 heteroatoms. The van der Waals surface area contributed by atoms with Gasteiger partial charge in [-0.1, -0.05) is 13.0 Å². The average Bonchev–Trinajstić information content (AvgIpc) is 2.31. The number of nitrogens with one attached hydrogen (secondary N) is 1. The van der Waals surface area contributed by atoms with E-state index >= 15 is 0 Å². The first-order chi connectivity index (χ1) is 8.24. The molecule has 0 bridgehead atoms. The summed E-state index contributed by atoms with van der Waals surface area (Å²) in [6, 6.07) is 3.69. The number of hydrogen-bond acceptors (Lipinski definition) is 2. The summed E-state index contributed by atoms with van der Waals surface area (Å²) in [7, 11) is -3.77. The lowest BCUT2D eigenvalue weighted by Crippen LogP contribution is -2.47. The van der Waals surface area contributed by atoms with Crippen molar-refractivity contribution < 1.29 is 12.8 Å². The number of sulfonamides is 1. The molecule has 18 heavy (non-hydrogen) atoms. The summed E-state index contributed by atoms with van der Waals surface area (Å²) in [4.78, 5) is -0.0488. The first-order valence-electron chi connectivity index (χ1n) is 5.60. The van der Waals surface area contributed by atoms with Crippen molar-refractivity contribution in [2.45, 2.75) is 37.6 Å². The Labute approximate surface area is 112 Å². The van der Waals surface area contributed by atoms with E-state index in [1.165, 1.54) is 12.1 Å². The number of hydrogen-bond donors (Lipinski definition) is 1. The number of benzene rings is 1. The van der Waals surface area contributed by atoms with Crippen molar-refractivity contribution in [3.63, 3.8) is 0 Å². The molecule has 0 aromatic heterocycles. The fourth-order valence-electron chi connectivity index (χ4n) is 1.44. The van der Waals surface area contributed by atoms with Crippen LogP contribution in [0.5, 0.6) is 0 Å². The van der Waals surface area contributed by atoms with Crippen LogP contribution in [0.4, 0.5) is 4.39 Å². The van der Waals surface area contributed by atoms with Crippen LogP contribution in [-0.2, 0) is 10.0 Å². The summed E-state index contributed by atoms with van der Waals surface area (Å²) >= 11 is 5.77. The second-order valence-corrected chi connectivity index (χ2v) is 6.48. The molecule has 1 aromatic carbocycles.